The number of carbonyl (C=O) groups excluding carboxylic acids is 1. The number of hydrogen-bond donors (Lipinski definition) is 2. The smallest absolute Gasteiger partial charge is 0.291 e. The van der Waals surface area contributed by atoms with E-state index >= 15 is 0 Å². The minimum Gasteiger partial charge on any atom is -0.399 e. The molecule has 4 rings (SSSR count). The predicted octanol–water partition coefficient (Wildman–Crippen LogP) is 4.34. The zero-order valence-electron chi connectivity index (χ0n) is 16.9. The van der Waals surface area contributed by atoms with Crippen molar-refractivity contribution >= 4 is 24.0 Å². The molecule has 1 heterocycles. The largest absolute Gasteiger partial charge is 0.399 e. The maximum Gasteiger partial charge on any atom is 0.291 e. The number of nitrogens with two attached hydrogens (primary N) is 1. The third kappa shape index (κ3) is 4.16. The van der Waals surface area contributed by atoms with Crippen molar-refractivity contribution in [3.05, 3.63) is 71.1 Å². The Morgan fingerprint density at radius 2 is 2.03 bits per heavy atom. The van der Waals surface area contributed by atoms with Crippen molar-refractivity contribution in [2.75, 3.05) is 5.73 Å². The monoisotopic (exact) mass is 429 g/mol. The Morgan fingerprint density at radius 3 is 2.77 bits per heavy atom. The van der Waals surface area contributed by atoms with Gasteiger partial charge in [-0.1, -0.05) is 32.0 Å². The van der Waals surface area contributed by atoms with E-state index in [2.05, 4.69) is 15.4 Å². The number of amides is 1. The van der Waals surface area contributed by atoms with Crippen molar-refractivity contribution in [1.29, 1.82) is 0 Å². The molecular weight excluding hydrogens is 405 g/mol. The van der Waals surface area contributed by atoms with Gasteiger partial charge in [0.2, 0.25) is 5.82 Å². The number of benzene rings is 2. The second-order valence-electron chi connectivity index (χ2n) is 7.69. The van der Waals surface area contributed by atoms with Gasteiger partial charge >= 0.3 is 0 Å². The summed E-state index contributed by atoms with van der Waals surface area (Å²) in [5.74, 6) is -0.222. The first kappa shape index (κ1) is 21.8. The molecule has 3 aromatic rings. The average Bonchev–Trinajstić information content (AvgIpc) is 3.14. The van der Waals surface area contributed by atoms with E-state index in [1.54, 1.807) is 18.2 Å². The summed E-state index contributed by atoms with van der Waals surface area (Å²) in [6.07, 6.45) is 2.76. The van der Waals surface area contributed by atoms with Gasteiger partial charge in [-0.3, -0.25) is 4.79 Å². The number of fused-ring (bicyclic) bond motifs is 1. The molecule has 158 valence electrons. The highest BCUT2D eigenvalue weighted by Gasteiger charge is 2.26. The molecule has 0 spiro atoms. The molecule has 0 saturated carbocycles. The van der Waals surface area contributed by atoms with Crippen LogP contribution in [0.4, 0.5) is 10.1 Å². The number of carbonyl (C=O) groups is 1. The number of hydrogen-bond acceptors (Lipinski definition) is 4. The molecule has 8 heteroatoms. The SMILES string of the molecule is CC(C)c1nc(C(=O)NC2CCCc3cc(N)ccc32)nn1-c1ccccc1F.Cl. The molecule has 0 aliphatic heterocycles. The fourth-order valence-electron chi connectivity index (χ4n) is 3.80. The normalized spacial score (nSPS) is 15.4. The number of nitrogens with zero attached hydrogens (tertiary/aromatic N) is 3. The van der Waals surface area contributed by atoms with Gasteiger partial charge in [0.05, 0.1) is 6.04 Å². The van der Waals surface area contributed by atoms with E-state index in [9.17, 15) is 9.18 Å². The molecule has 0 fully saturated rings. The topological polar surface area (TPSA) is 85.8 Å². The summed E-state index contributed by atoms with van der Waals surface area (Å²) in [5.41, 5.74) is 9.14. The van der Waals surface area contributed by atoms with Gasteiger partial charge in [0.15, 0.2) is 0 Å². The van der Waals surface area contributed by atoms with E-state index in [0.717, 1.165) is 36.1 Å². The van der Waals surface area contributed by atoms with Crippen molar-refractivity contribution < 1.29 is 9.18 Å². The lowest BCUT2D eigenvalue weighted by Crippen LogP contribution is -2.31. The second kappa shape index (κ2) is 8.83. The Labute approximate surface area is 181 Å². The third-order valence-corrected chi connectivity index (χ3v) is 5.22. The van der Waals surface area contributed by atoms with Gasteiger partial charge in [-0.25, -0.2) is 14.1 Å². The highest BCUT2D eigenvalue weighted by atomic mass is 35.5. The molecule has 0 bridgehead atoms. The summed E-state index contributed by atoms with van der Waals surface area (Å²) in [4.78, 5) is 17.3. The highest BCUT2D eigenvalue weighted by molar-refractivity contribution is 5.90. The van der Waals surface area contributed by atoms with Crippen LogP contribution >= 0.6 is 12.4 Å². The van der Waals surface area contributed by atoms with E-state index in [1.165, 1.54) is 10.7 Å². The van der Waals surface area contributed by atoms with Gasteiger partial charge in [-0.2, -0.15) is 0 Å². The number of halogens is 2. The van der Waals surface area contributed by atoms with Crippen molar-refractivity contribution in [2.45, 2.75) is 45.1 Å². The van der Waals surface area contributed by atoms with Crippen LogP contribution in [0.2, 0.25) is 0 Å². The number of rotatable bonds is 4. The van der Waals surface area contributed by atoms with Crippen LogP contribution in [0.25, 0.3) is 5.69 Å². The first-order chi connectivity index (χ1) is 13.9. The number of nitrogen functional groups attached to an aromatic ring is 1. The first-order valence-corrected chi connectivity index (χ1v) is 9.85. The van der Waals surface area contributed by atoms with Crippen molar-refractivity contribution in [1.82, 2.24) is 20.1 Å². The maximum absolute atomic E-state index is 14.3. The molecule has 0 saturated heterocycles. The van der Waals surface area contributed by atoms with Crippen LogP contribution < -0.4 is 11.1 Å². The van der Waals surface area contributed by atoms with Crippen molar-refractivity contribution in [2.24, 2.45) is 0 Å². The van der Waals surface area contributed by atoms with E-state index in [0.29, 0.717) is 5.82 Å². The molecule has 6 nitrogen and oxygen atoms in total. The Bertz CT molecular complexity index is 1070. The van der Waals surface area contributed by atoms with Crippen molar-refractivity contribution in [3.63, 3.8) is 0 Å². The van der Waals surface area contributed by atoms with Gasteiger partial charge in [0.1, 0.15) is 17.3 Å². The lowest BCUT2D eigenvalue weighted by atomic mass is 9.87. The van der Waals surface area contributed by atoms with Gasteiger partial charge in [-0.05, 0) is 54.7 Å². The molecule has 1 unspecified atom stereocenters. The van der Waals surface area contributed by atoms with Gasteiger partial charge in [0, 0.05) is 11.6 Å². The Balaban J connectivity index is 0.00000256. The van der Waals surface area contributed by atoms with Crippen LogP contribution in [0, 0.1) is 5.82 Å². The molecule has 1 aromatic heterocycles. The quantitative estimate of drug-likeness (QED) is 0.604. The predicted molar refractivity (Wildman–Crippen MR) is 117 cm³/mol. The van der Waals surface area contributed by atoms with E-state index < -0.39 is 5.82 Å². The fraction of sp³-hybridized carbons (Fsp3) is 0.318. The van der Waals surface area contributed by atoms with E-state index in [-0.39, 0.29) is 41.8 Å². The number of aryl methyl sites for hydroxylation is 1. The third-order valence-electron chi connectivity index (χ3n) is 5.22. The summed E-state index contributed by atoms with van der Waals surface area (Å²) in [6.45, 7) is 3.87. The summed E-state index contributed by atoms with van der Waals surface area (Å²) < 4.78 is 15.7. The van der Waals surface area contributed by atoms with Gasteiger partial charge in [-0.15, -0.1) is 17.5 Å². The van der Waals surface area contributed by atoms with Crippen LogP contribution in [0.3, 0.4) is 0 Å². The molecule has 0 radical (unpaired) electrons. The molecule has 2 aromatic carbocycles. The zero-order chi connectivity index (χ0) is 20.5. The zero-order valence-corrected chi connectivity index (χ0v) is 17.7. The Kier molecular flexibility index (Phi) is 6.41. The Hall–Kier alpha value is -2.93. The molecule has 30 heavy (non-hydrogen) atoms. The molecule has 1 aliphatic carbocycles. The van der Waals surface area contributed by atoms with Crippen LogP contribution in [0.15, 0.2) is 42.5 Å². The Morgan fingerprint density at radius 1 is 1.27 bits per heavy atom. The molecule has 1 atom stereocenters. The minimum absolute atomic E-state index is 0. The maximum atomic E-state index is 14.3. The van der Waals surface area contributed by atoms with Crippen LogP contribution in [0.5, 0.6) is 0 Å². The van der Waals surface area contributed by atoms with Crippen LogP contribution in [0.1, 0.15) is 66.2 Å². The van der Waals surface area contributed by atoms with Crippen LogP contribution in [-0.2, 0) is 6.42 Å². The van der Waals surface area contributed by atoms with Crippen molar-refractivity contribution in [3.8, 4) is 5.69 Å². The number of aromatic nitrogens is 3. The average molecular weight is 430 g/mol. The summed E-state index contributed by atoms with van der Waals surface area (Å²) in [7, 11) is 0. The molecular formula is C22H25ClFN5O. The van der Waals surface area contributed by atoms with Gasteiger partial charge < -0.3 is 11.1 Å². The lowest BCUT2D eigenvalue weighted by molar-refractivity contribution is 0.0922. The van der Waals surface area contributed by atoms with E-state index in [4.69, 9.17) is 5.73 Å². The van der Waals surface area contributed by atoms with Crippen LogP contribution in [-0.4, -0.2) is 20.7 Å². The summed E-state index contributed by atoms with van der Waals surface area (Å²) >= 11 is 0. The molecule has 3 N–H and O–H groups in total. The number of para-hydroxylation sites is 1. The second-order valence-corrected chi connectivity index (χ2v) is 7.69. The van der Waals surface area contributed by atoms with E-state index in [1.807, 2.05) is 32.0 Å². The first-order valence-electron chi connectivity index (χ1n) is 9.85. The minimum atomic E-state index is -0.412. The number of anilines is 1. The fourth-order valence-corrected chi connectivity index (χ4v) is 3.80. The lowest BCUT2D eigenvalue weighted by Gasteiger charge is -2.26. The molecule has 1 amide bonds. The number of nitrogens with one attached hydrogen (secondary N) is 1. The van der Waals surface area contributed by atoms with Gasteiger partial charge in [0.25, 0.3) is 5.91 Å². The summed E-state index contributed by atoms with van der Waals surface area (Å²) in [5, 5.41) is 7.38. The molecule has 1 aliphatic rings. The summed E-state index contributed by atoms with van der Waals surface area (Å²) in [6, 6.07) is 12.0. The highest BCUT2D eigenvalue weighted by Crippen LogP contribution is 2.31. The standard InChI is InChI=1S/C22H24FN5O.ClH/c1-13(2)21-26-20(27-28(21)19-9-4-3-7-17(19)23)22(29)25-18-8-5-6-14-12-15(24)10-11-16(14)18;/h3-4,7,9-13,18H,5-6,8,24H2,1-2H3,(H,25,29);1H.